The SMILES string of the molecule is O=Cc1c(Cl)cccc1-c1ccncc1. The number of pyridine rings is 1. The average molecular weight is 218 g/mol. The first kappa shape index (κ1) is 9.87. The van der Waals surface area contributed by atoms with Gasteiger partial charge in [-0.05, 0) is 29.3 Å². The lowest BCUT2D eigenvalue weighted by Gasteiger charge is -2.05. The van der Waals surface area contributed by atoms with Gasteiger partial charge in [0.15, 0.2) is 6.29 Å². The van der Waals surface area contributed by atoms with Crippen LogP contribution in [0.5, 0.6) is 0 Å². The molecule has 1 aromatic carbocycles. The van der Waals surface area contributed by atoms with E-state index in [4.69, 9.17) is 11.6 Å². The summed E-state index contributed by atoms with van der Waals surface area (Å²) in [4.78, 5) is 14.8. The predicted octanol–water partition coefficient (Wildman–Crippen LogP) is 3.21. The Morgan fingerprint density at radius 2 is 1.87 bits per heavy atom. The maximum absolute atomic E-state index is 10.9. The monoisotopic (exact) mass is 217 g/mol. The van der Waals surface area contributed by atoms with Crippen molar-refractivity contribution in [3.63, 3.8) is 0 Å². The maximum Gasteiger partial charge on any atom is 0.152 e. The van der Waals surface area contributed by atoms with Gasteiger partial charge in [0.2, 0.25) is 0 Å². The van der Waals surface area contributed by atoms with Crippen LogP contribution >= 0.6 is 11.6 Å². The van der Waals surface area contributed by atoms with E-state index in [9.17, 15) is 4.79 Å². The molecule has 74 valence electrons. The Hall–Kier alpha value is -1.67. The van der Waals surface area contributed by atoms with Crippen molar-refractivity contribution in [3.8, 4) is 11.1 Å². The van der Waals surface area contributed by atoms with Crippen LogP contribution in [0.25, 0.3) is 11.1 Å². The summed E-state index contributed by atoms with van der Waals surface area (Å²) in [5, 5.41) is 0.472. The van der Waals surface area contributed by atoms with Crippen molar-refractivity contribution < 1.29 is 4.79 Å². The largest absolute Gasteiger partial charge is 0.298 e. The smallest absolute Gasteiger partial charge is 0.152 e. The van der Waals surface area contributed by atoms with Gasteiger partial charge in [-0.25, -0.2) is 0 Å². The fourth-order valence-corrected chi connectivity index (χ4v) is 1.66. The number of hydrogen-bond acceptors (Lipinski definition) is 2. The minimum Gasteiger partial charge on any atom is -0.298 e. The lowest BCUT2D eigenvalue weighted by Crippen LogP contribution is -1.88. The Morgan fingerprint density at radius 1 is 1.13 bits per heavy atom. The van der Waals surface area contributed by atoms with Crippen molar-refractivity contribution >= 4 is 17.9 Å². The lowest BCUT2D eigenvalue weighted by molar-refractivity contribution is 0.112. The van der Waals surface area contributed by atoms with Crippen LogP contribution in [0.4, 0.5) is 0 Å². The first-order valence-corrected chi connectivity index (χ1v) is 4.85. The van der Waals surface area contributed by atoms with Crippen LogP contribution in [-0.4, -0.2) is 11.3 Å². The summed E-state index contributed by atoms with van der Waals surface area (Å²) in [5.41, 5.74) is 2.29. The third-order valence-corrected chi connectivity index (χ3v) is 2.49. The minimum absolute atomic E-state index is 0.472. The van der Waals surface area contributed by atoms with E-state index in [2.05, 4.69) is 4.98 Å². The van der Waals surface area contributed by atoms with E-state index in [-0.39, 0.29) is 0 Å². The molecule has 0 aliphatic rings. The Balaban J connectivity index is 2.63. The van der Waals surface area contributed by atoms with Crippen LogP contribution in [0.1, 0.15) is 10.4 Å². The van der Waals surface area contributed by atoms with Gasteiger partial charge < -0.3 is 0 Å². The van der Waals surface area contributed by atoms with Gasteiger partial charge in [0.05, 0.1) is 5.02 Å². The minimum atomic E-state index is 0.472. The van der Waals surface area contributed by atoms with E-state index in [0.29, 0.717) is 10.6 Å². The molecule has 0 saturated heterocycles. The molecule has 0 unspecified atom stereocenters. The maximum atomic E-state index is 10.9. The molecular formula is C12H8ClNO. The van der Waals surface area contributed by atoms with Crippen molar-refractivity contribution in [2.24, 2.45) is 0 Å². The normalized spacial score (nSPS) is 9.93. The van der Waals surface area contributed by atoms with Crippen LogP contribution in [0.2, 0.25) is 5.02 Å². The number of aldehydes is 1. The zero-order valence-electron chi connectivity index (χ0n) is 7.85. The molecule has 0 aliphatic carbocycles. The van der Waals surface area contributed by atoms with Gasteiger partial charge in [-0.3, -0.25) is 9.78 Å². The second kappa shape index (κ2) is 4.24. The van der Waals surface area contributed by atoms with Gasteiger partial charge in [-0.1, -0.05) is 23.7 Å². The third-order valence-electron chi connectivity index (χ3n) is 2.16. The van der Waals surface area contributed by atoms with Gasteiger partial charge in [-0.2, -0.15) is 0 Å². The molecular weight excluding hydrogens is 210 g/mol. The van der Waals surface area contributed by atoms with Crippen molar-refractivity contribution in [2.45, 2.75) is 0 Å². The molecule has 2 nitrogen and oxygen atoms in total. The van der Waals surface area contributed by atoms with Gasteiger partial charge >= 0.3 is 0 Å². The van der Waals surface area contributed by atoms with Gasteiger partial charge in [0, 0.05) is 18.0 Å². The Morgan fingerprint density at radius 3 is 2.53 bits per heavy atom. The number of carbonyl (C=O) groups excluding carboxylic acids is 1. The van der Waals surface area contributed by atoms with Gasteiger partial charge in [0.1, 0.15) is 0 Å². The lowest BCUT2D eigenvalue weighted by atomic mass is 10.0. The number of rotatable bonds is 2. The molecule has 0 radical (unpaired) electrons. The first-order chi connectivity index (χ1) is 7.33. The van der Waals surface area contributed by atoms with Crippen LogP contribution in [-0.2, 0) is 0 Å². The number of hydrogen-bond donors (Lipinski definition) is 0. The van der Waals surface area contributed by atoms with Crippen molar-refractivity contribution in [1.82, 2.24) is 4.98 Å². The summed E-state index contributed by atoms with van der Waals surface area (Å²) in [7, 11) is 0. The number of carbonyl (C=O) groups is 1. The number of benzene rings is 1. The van der Waals surface area contributed by atoms with E-state index in [1.807, 2.05) is 24.3 Å². The van der Waals surface area contributed by atoms with Crippen molar-refractivity contribution in [3.05, 3.63) is 53.3 Å². The molecule has 0 spiro atoms. The average Bonchev–Trinajstić information content (AvgIpc) is 2.30. The molecule has 0 fully saturated rings. The quantitative estimate of drug-likeness (QED) is 0.723. The van der Waals surface area contributed by atoms with Gasteiger partial charge in [-0.15, -0.1) is 0 Å². The molecule has 1 heterocycles. The highest BCUT2D eigenvalue weighted by molar-refractivity contribution is 6.33. The second-order valence-electron chi connectivity index (χ2n) is 3.05. The van der Waals surface area contributed by atoms with E-state index in [0.717, 1.165) is 17.4 Å². The molecule has 15 heavy (non-hydrogen) atoms. The number of aromatic nitrogens is 1. The molecule has 0 aliphatic heterocycles. The van der Waals surface area contributed by atoms with Crippen LogP contribution in [0, 0.1) is 0 Å². The van der Waals surface area contributed by atoms with Gasteiger partial charge in [0.25, 0.3) is 0 Å². The summed E-state index contributed by atoms with van der Waals surface area (Å²) in [5.74, 6) is 0. The molecule has 0 atom stereocenters. The second-order valence-corrected chi connectivity index (χ2v) is 3.46. The van der Waals surface area contributed by atoms with Crippen LogP contribution in [0.3, 0.4) is 0 Å². The van der Waals surface area contributed by atoms with E-state index < -0.39 is 0 Å². The van der Waals surface area contributed by atoms with Crippen molar-refractivity contribution in [1.29, 1.82) is 0 Å². The fourth-order valence-electron chi connectivity index (χ4n) is 1.44. The third kappa shape index (κ3) is 1.90. The Bertz CT molecular complexity index is 482. The molecule has 0 saturated carbocycles. The highest BCUT2D eigenvalue weighted by Crippen LogP contribution is 2.27. The summed E-state index contributed by atoms with van der Waals surface area (Å²) >= 11 is 5.93. The van der Waals surface area contributed by atoms with E-state index >= 15 is 0 Å². The summed E-state index contributed by atoms with van der Waals surface area (Å²) in [6.07, 6.45) is 4.15. The standard InChI is InChI=1S/C12H8ClNO/c13-12-3-1-2-10(11(12)8-15)9-4-6-14-7-5-9/h1-8H. The van der Waals surface area contributed by atoms with E-state index in [1.165, 1.54) is 0 Å². The number of halogens is 1. The Labute approximate surface area is 92.5 Å². The predicted molar refractivity (Wildman–Crippen MR) is 60.1 cm³/mol. The van der Waals surface area contributed by atoms with Crippen LogP contribution < -0.4 is 0 Å². The molecule has 0 bridgehead atoms. The topological polar surface area (TPSA) is 30.0 Å². The molecule has 3 heteroatoms. The first-order valence-electron chi connectivity index (χ1n) is 4.47. The summed E-state index contributed by atoms with van der Waals surface area (Å²) in [6, 6.07) is 9.09. The molecule has 2 rings (SSSR count). The summed E-state index contributed by atoms with van der Waals surface area (Å²) < 4.78 is 0. The highest BCUT2D eigenvalue weighted by atomic mass is 35.5. The van der Waals surface area contributed by atoms with E-state index in [1.54, 1.807) is 18.5 Å². The number of nitrogens with zero attached hydrogens (tertiary/aromatic N) is 1. The fraction of sp³-hybridized carbons (Fsp3) is 0. The zero-order valence-corrected chi connectivity index (χ0v) is 8.61. The summed E-state index contributed by atoms with van der Waals surface area (Å²) in [6.45, 7) is 0. The van der Waals surface area contributed by atoms with Crippen LogP contribution in [0.15, 0.2) is 42.7 Å². The molecule has 2 aromatic rings. The molecule has 0 amide bonds. The Kier molecular flexibility index (Phi) is 2.79. The highest BCUT2D eigenvalue weighted by Gasteiger charge is 2.07. The molecule has 0 N–H and O–H groups in total. The zero-order chi connectivity index (χ0) is 10.7. The van der Waals surface area contributed by atoms with Crippen molar-refractivity contribution in [2.75, 3.05) is 0 Å². The molecule has 1 aromatic heterocycles.